The first kappa shape index (κ1) is 22.4. The lowest BCUT2D eigenvalue weighted by Crippen LogP contribution is -2.43. The second kappa shape index (κ2) is 9.27. The van der Waals surface area contributed by atoms with Crippen LogP contribution in [0.4, 0.5) is 5.69 Å². The van der Waals surface area contributed by atoms with Crippen molar-refractivity contribution in [3.05, 3.63) is 41.2 Å². The van der Waals surface area contributed by atoms with E-state index in [9.17, 15) is 8.42 Å². The summed E-state index contributed by atoms with van der Waals surface area (Å²) in [4.78, 5) is -0.0775. The molecule has 1 atom stereocenters. The predicted octanol–water partition coefficient (Wildman–Crippen LogP) is 2.45. The largest absolute Gasteiger partial charge is 0.502 e. The molecule has 0 saturated heterocycles. The average molecular weight is 502 g/mol. The molecular formula is C19H24BrN3O6S. The molecule has 11 heteroatoms. The van der Waals surface area contributed by atoms with Crippen molar-refractivity contribution in [3.63, 3.8) is 0 Å². The van der Waals surface area contributed by atoms with Gasteiger partial charge < -0.3 is 19.3 Å². The second-order valence-electron chi connectivity index (χ2n) is 6.71. The molecule has 0 fully saturated rings. The van der Waals surface area contributed by atoms with Gasteiger partial charge in [-0.15, -0.1) is 5.10 Å². The van der Waals surface area contributed by atoms with Gasteiger partial charge in [0.25, 0.3) is 15.9 Å². The van der Waals surface area contributed by atoms with Gasteiger partial charge in [0.05, 0.1) is 31.7 Å². The number of aryl methyl sites for hydroxylation is 1. The van der Waals surface area contributed by atoms with Gasteiger partial charge >= 0.3 is 0 Å². The number of aliphatic hydroxyl groups is 1. The summed E-state index contributed by atoms with van der Waals surface area (Å²) in [7, 11) is -0.870. The maximum Gasteiger partial charge on any atom is 0.271 e. The van der Waals surface area contributed by atoms with Gasteiger partial charge in [0, 0.05) is 24.1 Å². The molecule has 0 unspecified atom stereocenters. The number of hydrogen-bond acceptors (Lipinski definition) is 7. The standard InChI is InChI=1S/C19H24BrN3O6S/c1-13(27-3)4-6-15-11-23(16-10-14(20)5-7-17(16)29-15)30(25,26)18-12-22(2)21-19(18)28-9-8-24/h5,7,10,12,15,24H,1,4,6,8-9,11H2,2-3H3/t15-/m0/s1. The van der Waals surface area contributed by atoms with Crippen LogP contribution in [0.1, 0.15) is 12.8 Å². The van der Waals surface area contributed by atoms with Crippen LogP contribution < -0.4 is 13.8 Å². The minimum Gasteiger partial charge on any atom is -0.502 e. The molecule has 3 rings (SSSR count). The third kappa shape index (κ3) is 4.73. The van der Waals surface area contributed by atoms with Crippen LogP contribution in [0.5, 0.6) is 11.6 Å². The third-order valence-electron chi connectivity index (χ3n) is 4.55. The zero-order chi connectivity index (χ0) is 21.9. The van der Waals surface area contributed by atoms with Crippen molar-refractivity contribution < 1.29 is 27.7 Å². The van der Waals surface area contributed by atoms with E-state index in [1.165, 1.54) is 15.2 Å². The van der Waals surface area contributed by atoms with Crippen LogP contribution in [0.2, 0.25) is 0 Å². The minimum absolute atomic E-state index is 0.0566. The van der Waals surface area contributed by atoms with Crippen LogP contribution in [0.15, 0.2) is 46.1 Å². The van der Waals surface area contributed by atoms with E-state index in [2.05, 4.69) is 27.6 Å². The fourth-order valence-electron chi connectivity index (χ4n) is 3.07. The van der Waals surface area contributed by atoms with E-state index in [0.29, 0.717) is 30.0 Å². The number of benzene rings is 1. The molecule has 30 heavy (non-hydrogen) atoms. The number of sulfonamides is 1. The molecule has 1 N–H and O–H groups in total. The van der Waals surface area contributed by atoms with Gasteiger partial charge in [-0.05, 0) is 24.6 Å². The topological polar surface area (TPSA) is 103 Å². The Balaban J connectivity index is 1.99. The third-order valence-corrected chi connectivity index (χ3v) is 6.80. The molecule has 0 radical (unpaired) electrons. The number of fused-ring (bicyclic) bond motifs is 1. The van der Waals surface area contributed by atoms with Gasteiger partial charge in [-0.2, -0.15) is 0 Å². The molecule has 9 nitrogen and oxygen atoms in total. The highest BCUT2D eigenvalue weighted by molar-refractivity contribution is 9.10. The van der Waals surface area contributed by atoms with Gasteiger partial charge in [0.15, 0.2) is 4.90 Å². The number of anilines is 1. The molecule has 2 heterocycles. The number of aromatic nitrogens is 2. The predicted molar refractivity (Wildman–Crippen MR) is 114 cm³/mol. The number of hydrogen-bond donors (Lipinski definition) is 1. The lowest BCUT2D eigenvalue weighted by molar-refractivity contribution is 0.178. The van der Waals surface area contributed by atoms with Gasteiger partial charge in [0.2, 0.25) is 0 Å². The lowest BCUT2D eigenvalue weighted by atomic mass is 10.1. The Morgan fingerprint density at radius 3 is 2.93 bits per heavy atom. The van der Waals surface area contributed by atoms with E-state index in [1.807, 2.05) is 0 Å². The Bertz CT molecular complexity index is 1020. The van der Waals surface area contributed by atoms with Crippen molar-refractivity contribution in [2.75, 3.05) is 31.2 Å². The fourth-order valence-corrected chi connectivity index (χ4v) is 5.03. The first-order chi connectivity index (χ1) is 14.3. The number of methoxy groups -OCH3 is 1. The van der Waals surface area contributed by atoms with Crippen LogP contribution in [0, 0.1) is 0 Å². The van der Waals surface area contributed by atoms with Crippen molar-refractivity contribution in [2.24, 2.45) is 7.05 Å². The monoisotopic (exact) mass is 501 g/mol. The van der Waals surface area contributed by atoms with Crippen molar-refractivity contribution in [3.8, 4) is 11.6 Å². The maximum absolute atomic E-state index is 13.6. The zero-order valence-electron chi connectivity index (χ0n) is 16.7. The van der Waals surface area contributed by atoms with Crippen molar-refractivity contribution in [1.82, 2.24) is 9.78 Å². The van der Waals surface area contributed by atoms with Crippen LogP contribution in [-0.2, 0) is 21.8 Å². The fraction of sp³-hybridized carbons (Fsp3) is 0.421. The van der Waals surface area contributed by atoms with Crippen molar-refractivity contribution in [2.45, 2.75) is 23.8 Å². The Labute approximate surface area is 184 Å². The van der Waals surface area contributed by atoms with Crippen LogP contribution >= 0.6 is 15.9 Å². The number of ether oxygens (including phenoxy) is 3. The molecule has 0 bridgehead atoms. The van der Waals surface area contributed by atoms with E-state index in [-0.39, 0.29) is 36.6 Å². The summed E-state index contributed by atoms with van der Waals surface area (Å²) in [6.45, 7) is 3.60. The van der Waals surface area contributed by atoms with E-state index in [0.717, 1.165) is 4.47 Å². The summed E-state index contributed by atoms with van der Waals surface area (Å²) in [6, 6.07) is 5.22. The summed E-state index contributed by atoms with van der Waals surface area (Å²) >= 11 is 3.39. The number of halogens is 1. The molecule has 0 saturated carbocycles. The van der Waals surface area contributed by atoms with Crippen molar-refractivity contribution in [1.29, 1.82) is 0 Å². The van der Waals surface area contributed by atoms with Gasteiger partial charge in [-0.3, -0.25) is 8.99 Å². The summed E-state index contributed by atoms with van der Waals surface area (Å²) in [5, 5.41) is 13.1. The molecule has 1 aliphatic rings. The van der Waals surface area contributed by atoms with Gasteiger partial charge in [0.1, 0.15) is 18.5 Å². The van der Waals surface area contributed by atoms with Crippen molar-refractivity contribution >= 4 is 31.6 Å². The highest BCUT2D eigenvalue weighted by atomic mass is 79.9. The Morgan fingerprint density at radius 2 is 2.23 bits per heavy atom. The molecule has 1 aromatic carbocycles. The normalized spacial score (nSPS) is 16.0. The Kier molecular flexibility index (Phi) is 6.94. The number of aliphatic hydroxyl groups excluding tert-OH is 1. The van der Waals surface area contributed by atoms with E-state index < -0.39 is 10.0 Å². The first-order valence-corrected chi connectivity index (χ1v) is 11.5. The molecule has 0 amide bonds. The minimum atomic E-state index is -4.02. The van der Waals surface area contributed by atoms with Gasteiger partial charge in [-0.1, -0.05) is 22.5 Å². The summed E-state index contributed by atoms with van der Waals surface area (Å²) in [5.74, 6) is 1.00. The molecule has 1 aliphatic heterocycles. The van der Waals surface area contributed by atoms with E-state index in [1.54, 1.807) is 32.4 Å². The molecule has 0 spiro atoms. The molecule has 0 aliphatic carbocycles. The number of allylic oxidation sites excluding steroid dienone is 1. The number of nitrogens with zero attached hydrogens (tertiary/aromatic N) is 3. The smallest absolute Gasteiger partial charge is 0.271 e. The average Bonchev–Trinajstić information content (AvgIpc) is 3.11. The molecular weight excluding hydrogens is 478 g/mol. The summed E-state index contributed by atoms with van der Waals surface area (Å²) < 4.78 is 47.1. The highest BCUT2D eigenvalue weighted by Crippen LogP contribution is 2.40. The van der Waals surface area contributed by atoms with Gasteiger partial charge in [-0.25, -0.2) is 8.42 Å². The molecule has 164 valence electrons. The van der Waals surface area contributed by atoms with E-state index in [4.69, 9.17) is 19.3 Å². The maximum atomic E-state index is 13.6. The molecule has 1 aromatic heterocycles. The Hall–Kier alpha value is -2.24. The molecule has 2 aromatic rings. The Morgan fingerprint density at radius 1 is 1.47 bits per heavy atom. The second-order valence-corrected chi connectivity index (χ2v) is 9.46. The quantitative estimate of drug-likeness (QED) is 0.526. The number of rotatable bonds is 9. The van der Waals surface area contributed by atoms with Crippen LogP contribution in [0.25, 0.3) is 0 Å². The summed E-state index contributed by atoms with van der Waals surface area (Å²) in [6.07, 6.45) is 2.07. The summed E-state index contributed by atoms with van der Waals surface area (Å²) in [5.41, 5.74) is 0.420. The van der Waals surface area contributed by atoms with Crippen LogP contribution in [0.3, 0.4) is 0 Å². The zero-order valence-corrected chi connectivity index (χ0v) is 19.1. The van der Waals surface area contributed by atoms with E-state index >= 15 is 0 Å². The first-order valence-electron chi connectivity index (χ1n) is 9.24. The highest BCUT2D eigenvalue weighted by Gasteiger charge is 2.37. The lowest BCUT2D eigenvalue weighted by Gasteiger charge is -2.35. The SMILES string of the molecule is C=C(CC[C@H]1CN(S(=O)(=O)c2cn(C)nc2OCCO)c2cc(Br)ccc2O1)OC. The van der Waals surface area contributed by atoms with Crippen LogP contribution in [-0.4, -0.2) is 56.3 Å².